The van der Waals surface area contributed by atoms with E-state index in [-0.39, 0.29) is 18.4 Å². The molecule has 0 heterocycles. The van der Waals surface area contributed by atoms with Gasteiger partial charge in [-0.25, -0.2) is 8.42 Å². The molecule has 1 N–H and O–H groups in total. The van der Waals surface area contributed by atoms with Crippen LogP contribution in [0.3, 0.4) is 0 Å². The number of carbonyl (C=O) groups is 2. The summed E-state index contributed by atoms with van der Waals surface area (Å²) in [5, 5.41) is 2.87. The maximum absolute atomic E-state index is 14.0. The predicted molar refractivity (Wildman–Crippen MR) is 157 cm³/mol. The van der Waals surface area contributed by atoms with E-state index in [1.54, 1.807) is 12.1 Å². The standard InChI is InChI=1S/C31H39N3O4S/c1-6-32-31(36)29(20-25-13-8-7-9-14-25)33(21-27-15-11-10-12-24(27)4)30(35)22-34(39(5,37)38)28-18-16-26(17-19-28)23(2)3/h7-19,23,29H,6,20-22H2,1-5H3,(H,32,36)/t29-/m0/s1. The highest BCUT2D eigenvalue weighted by Gasteiger charge is 2.33. The molecule has 0 saturated carbocycles. The molecule has 0 saturated heterocycles. The molecule has 0 radical (unpaired) electrons. The maximum Gasteiger partial charge on any atom is 0.244 e. The van der Waals surface area contributed by atoms with E-state index in [0.717, 1.165) is 32.8 Å². The van der Waals surface area contributed by atoms with Crippen LogP contribution in [0.5, 0.6) is 0 Å². The lowest BCUT2D eigenvalue weighted by Crippen LogP contribution is -2.53. The number of nitrogens with zero attached hydrogens (tertiary/aromatic N) is 2. The number of hydrogen-bond acceptors (Lipinski definition) is 4. The lowest BCUT2D eigenvalue weighted by molar-refractivity contribution is -0.140. The van der Waals surface area contributed by atoms with Crippen LogP contribution in [-0.4, -0.2) is 50.5 Å². The normalized spacial score (nSPS) is 12.2. The first kappa shape index (κ1) is 29.9. The lowest BCUT2D eigenvalue weighted by Gasteiger charge is -2.33. The molecule has 2 amide bonds. The molecule has 3 rings (SSSR count). The average Bonchev–Trinajstić information content (AvgIpc) is 2.90. The van der Waals surface area contributed by atoms with Crippen LogP contribution in [0, 0.1) is 6.92 Å². The number of nitrogens with one attached hydrogen (secondary N) is 1. The molecular formula is C31H39N3O4S. The summed E-state index contributed by atoms with van der Waals surface area (Å²) >= 11 is 0. The summed E-state index contributed by atoms with van der Waals surface area (Å²) in [7, 11) is -3.79. The van der Waals surface area contributed by atoms with Crippen molar-refractivity contribution in [2.45, 2.75) is 52.6 Å². The van der Waals surface area contributed by atoms with Gasteiger partial charge in [0.25, 0.3) is 0 Å². The average molecular weight is 550 g/mol. The van der Waals surface area contributed by atoms with Crippen LogP contribution in [0.2, 0.25) is 0 Å². The van der Waals surface area contributed by atoms with Crippen LogP contribution < -0.4 is 9.62 Å². The summed E-state index contributed by atoms with van der Waals surface area (Å²) in [4.78, 5) is 28.9. The first-order chi connectivity index (χ1) is 18.5. The second-order valence-electron chi connectivity index (χ2n) is 10.1. The first-order valence-corrected chi connectivity index (χ1v) is 15.1. The SMILES string of the molecule is CCNC(=O)[C@H](Cc1ccccc1)N(Cc1ccccc1C)C(=O)CN(c1ccc(C(C)C)cc1)S(C)(=O)=O. The fraction of sp³-hybridized carbons (Fsp3) is 0.355. The van der Waals surface area contributed by atoms with Gasteiger partial charge in [-0.15, -0.1) is 0 Å². The van der Waals surface area contributed by atoms with Crippen molar-refractivity contribution in [1.82, 2.24) is 10.2 Å². The number of hydrogen-bond donors (Lipinski definition) is 1. The van der Waals surface area contributed by atoms with E-state index >= 15 is 0 Å². The fourth-order valence-electron chi connectivity index (χ4n) is 4.46. The van der Waals surface area contributed by atoms with Crippen molar-refractivity contribution in [3.05, 3.63) is 101 Å². The Balaban J connectivity index is 2.04. The summed E-state index contributed by atoms with van der Waals surface area (Å²) in [5.41, 5.74) is 4.25. The van der Waals surface area contributed by atoms with Gasteiger partial charge in [0.2, 0.25) is 21.8 Å². The number of carbonyl (C=O) groups excluding carboxylic acids is 2. The van der Waals surface area contributed by atoms with Crippen molar-refractivity contribution in [3.8, 4) is 0 Å². The monoisotopic (exact) mass is 549 g/mol. The molecule has 0 bridgehead atoms. The Bertz CT molecular complexity index is 1360. The Labute approximate surface area is 232 Å². The van der Waals surface area contributed by atoms with Crippen molar-refractivity contribution < 1.29 is 18.0 Å². The quantitative estimate of drug-likeness (QED) is 0.356. The van der Waals surface area contributed by atoms with E-state index in [2.05, 4.69) is 19.2 Å². The number of sulfonamides is 1. The molecule has 0 aliphatic rings. The van der Waals surface area contributed by atoms with Crippen LogP contribution >= 0.6 is 0 Å². The molecule has 0 aromatic heterocycles. The number of amides is 2. The van der Waals surface area contributed by atoms with Crippen molar-refractivity contribution in [2.24, 2.45) is 0 Å². The van der Waals surface area contributed by atoms with Crippen molar-refractivity contribution >= 4 is 27.5 Å². The third-order valence-corrected chi connectivity index (χ3v) is 7.89. The van der Waals surface area contributed by atoms with E-state index in [4.69, 9.17) is 0 Å². The molecule has 0 spiro atoms. The summed E-state index contributed by atoms with van der Waals surface area (Å²) < 4.78 is 26.9. The summed E-state index contributed by atoms with van der Waals surface area (Å²) in [6, 6.07) is 23.6. The Morgan fingerprint density at radius 3 is 2.08 bits per heavy atom. The van der Waals surface area contributed by atoms with Gasteiger partial charge >= 0.3 is 0 Å². The van der Waals surface area contributed by atoms with Crippen LogP contribution in [-0.2, 0) is 32.6 Å². The second kappa shape index (κ2) is 13.4. The number of aryl methyl sites for hydroxylation is 1. The molecule has 0 aliphatic carbocycles. The smallest absolute Gasteiger partial charge is 0.244 e. The van der Waals surface area contributed by atoms with Gasteiger partial charge in [-0.3, -0.25) is 13.9 Å². The Morgan fingerprint density at radius 2 is 1.51 bits per heavy atom. The predicted octanol–water partition coefficient (Wildman–Crippen LogP) is 4.66. The molecule has 208 valence electrons. The molecule has 3 aromatic rings. The number of rotatable bonds is 12. The van der Waals surface area contributed by atoms with Crippen LogP contribution in [0.1, 0.15) is 48.9 Å². The Morgan fingerprint density at radius 1 is 0.897 bits per heavy atom. The molecule has 8 heteroatoms. The minimum absolute atomic E-state index is 0.171. The van der Waals surface area contributed by atoms with Gasteiger partial charge in [-0.05, 0) is 54.2 Å². The lowest BCUT2D eigenvalue weighted by atomic mass is 10.0. The zero-order valence-electron chi connectivity index (χ0n) is 23.4. The fourth-order valence-corrected chi connectivity index (χ4v) is 5.31. The van der Waals surface area contributed by atoms with Crippen molar-refractivity contribution in [2.75, 3.05) is 23.7 Å². The topological polar surface area (TPSA) is 86.8 Å². The highest BCUT2D eigenvalue weighted by molar-refractivity contribution is 7.92. The molecule has 1 atom stereocenters. The van der Waals surface area contributed by atoms with Gasteiger partial charge < -0.3 is 10.2 Å². The van der Waals surface area contributed by atoms with Gasteiger partial charge in [0.15, 0.2) is 0 Å². The van der Waals surface area contributed by atoms with Crippen LogP contribution in [0.15, 0.2) is 78.9 Å². The third-order valence-electron chi connectivity index (χ3n) is 6.75. The van der Waals surface area contributed by atoms with E-state index in [1.807, 2.05) is 80.6 Å². The first-order valence-electron chi connectivity index (χ1n) is 13.2. The van der Waals surface area contributed by atoms with Gasteiger partial charge in [-0.2, -0.15) is 0 Å². The summed E-state index contributed by atoms with van der Waals surface area (Å²) in [6.45, 7) is 8.07. The number of benzene rings is 3. The number of likely N-dealkylation sites (N-methyl/N-ethyl adjacent to an activating group) is 1. The van der Waals surface area contributed by atoms with Crippen molar-refractivity contribution in [1.29, 1.82) is 0 Å². The Kier molecular flexibility index (Phi) is 10.3. The zero-order valence-corrected chi connectivity index (χ0v) is 24.2. The number of anilines is 1. The third kappa shape index (κ3) is 8.17. The van der Waals surface area contributed by atoms with E-state index < -0.39 is 28.5 Å². The van der Waals surface area contributed by atoms with E-state index in [0.29, 0.717) is 18.7 Å². The summed E-state index contributed by atoms with van der Waals surface area (Å²) in [6.07, 6.45) is 1.39. The molecule has 0 fully saturated rings. The molecule has 39 heavy (non-hydrogen) atoms. The molecule has 0 aliphatic heterocycles. The minimum atomic E-state index is -3.79. The van der Waals surface area contributed by atoms with Gasteiger partial charge in [0.05, 0.1) is 11.9 Å². The largest absolute Gasteiger partial charge is 0.355 e. The maximum atomic E-state index is 14.0. The van der Waals surface area contributed by atoms with Gasteiger partial charge in [0, 0.05) is 19.5 Å². The van der Waals surface area contributed by atoms with E-state index in [9.17, 15) is 18.0 Å². The highest BCUT2D eigenvalue weighted by Crippen LogP contribution is 2.23. The van der Waals surface area contributed by atoms with Crippen molar-refractivity contribution in [3.63, 3.8) is 0 Å². The van der Waals surface area contributed by atoms with Crippen LogP contribution in [0.4, 0.5) is 5.69 Å². The highest BCUT2D eigenvalue weighted by atomic mass is 32.2. The van der Waals surface area contributed by atoms with Crippen LogP contribution in [0.25, 0.3) is 0 Å². The van der Waals surface area contributed by atoms with E-state index in [1.165, 1.54) is 4.90 Å². The van der Waals surface area contributed by atoms with Gasteiger partial charge in [-0.1, -0.05) is 80.6 Å². The minimum Gasteiger partial charge on any atom is -0.355 e. The van der Waals surface area contributed by atoms with Gasteiger partial charge in [0.1, 0.15) is 12.6 Å². The summed E-state index contributed by atoms with van der Waals surface area (Å²) in [5.74, 6) is -0.452. The Hall–Kier alpha value is -3.65. The molecule has 0 unspecified atom stereocenters. The zero-order chi connectivity index (χ0) is 28.6. The second-order valence-corrected chi connectivity index (χ2v) is 12.0. The molecular weight excluding hydrogens is 510 g/mol. The molecule has 7 nitrogen and oxygen atoms in total. The molecule has 3 aromatic carbocycles.